The minimum atomic E-state index is 0.203. The van der Waals surface area contributed by atoms with E-state index in [1.807, 2.05) is 17.0 Å². The summed E-state index contributed by atoms with van der Waals surface area (Å²) >= 11 is 1.60. The van der Waals surface area contributed by atoms with Gasteiger partial charge in [-0.1, -0.05) is 30.3 Å². The van der Waals surface area contributed by atoms with Crippen LogP contribution in [-0.2, 0) is 4.79 Å². The van der Waals surface area contributed by atoms with Gasteiger partial charge in [-0.2, -0.15) is 0 Å². The largest absolute Gasteiger partial charge is 0.396 e. The summed E-state index contributed by atoms with van der Waals surface area (Å²) < 4.78 is 0. The molecule has 1 N–H and O–H groups in total. The van der Waals surface area contributed by atoms with Crippen molar-refractivity contribution in [2.75, 3.05) is 25.4 Å². The van der Waals surface area contributed by atoms with Crippen LogP contribution in [0.4, 0.5) is 0 Å². The van der Waals surface area contributed by atoms with Gasteiger partial charge in [-0.25, -0.2) is 0 Å². The number of likely N-dealkylation sites (tertiary alicyclic amines) is 1. The molecule has 0 aromatic heterocycles. The highest BCUT2D eigenvalue weighted by Gasteiger charge is 2.22. The quantitative estimate of drug-likeness (QED) is 0.881. The van der Waals surface area contributed by atoms with Gasteiger partial charge in [0.05, 0.1) is 5.75 Å². The summed E-state index contributed by atoms with van der Waals surface area (Å²) in [5.74, 6) is 1.06. The Morgan fingerprint density at radius 2 is 1.86 bits per heavy atom. The van der Waals surface area contributed by atoms with Crippen molar-refractivity contribution in [1.82, 2.24) is 4.90 Å². The van der Waals surface area contributed by atoms with Gasteiger partial charge in [0.15, 0.2) is 0 Å². The van der Waals surface area contributed by atoms with Gasteiger partial charge in [-0.05, 0) is 41.7 Å². The average molecular weight is 315 g/mol. The van der Waals surface area contributed by atoms with E-state index < -0.39 is 0 Å². The molecule has 2 aromatic carbocycles. The molecule has 0 bridgehead atoms. The van der Waals surface area contributed by atoms with Crippen molar-refractivity contribution >= 4 is 28.4 Å². The molecule has 1 fully saturated rings. The zero-order valence-corrected chi connectivity index (χ0v) is 13.4. The first kappa shape index (κ1) is 15.4. The molecule has 1 amide bonds. The lowest BCUT2D eigenvalue weighted by atomic mass is 9.98. The number of aliphatic hydroxyl groups is 1. The lowest BCUT2D eigenvalue weighted by Crippen LogP contribution is -2.40. The van der Waals surface area contributed by atoms with Crippen LogP contribution in [0.25, 0.3) is 10.8 Å². The third-order valence-corrected chi connectivity index (χ3v) is 5.29. The second-order valence-electron chi connectivity index (χ2n) is 5.80. The molecule has 0 saturated carbocycles. The van der Waals surface area contributed by atoms with Crippen LogP contribution in [0.1, 0.15) is 12.8 Å². The van der Waals surface area contributed by atoms with Crippen LogP contribution in [0.2, 0.25) is 0 Å². The molecule has 3 rings (SSSR count). The number of nitrogens with zero attached hydrogens (tertiary/aromatic N) is 1. The summed E-state index contributed by atoms with van der Waals surface area (Å²) in [5, 5.41) is 11.6. The number of carbonyl (C=O) groups is 1. The molecule has 3 nitrogen and oxygen atoms in total. The van der Waals surface area contributed by atoms with Crippen LogP contribution in [0.5, 0.6) is 0 Å². The Hall–Kier alpha value is -1.52. The second kappa shape index (κ2) is 7.16. The van der Waals surface area contributed by atoms with Crippen LogP contribution in [0, 0.1) is 5.92 Å². The van der Waals surface area contributed by atoms with E-state index in [1.165, 1.54) is 10.8 Å². The van der Waals surface area contributed by atoms with Gasteiger partial charge < -0.3 is 10.0 Å². The first-order chi connectivity index (χ1) is 10.8. The lowest BCUT2D eigenvalue weighted by molar-refractivity contribution is -0.129. The third kappa shape index (κ3) is 3.62. The van der Waals surface area contributed by atoms with Crippen LogP contribution in [0.15, 0.2) is 47.4 Å². The maximum absolute atomic E-state index is 12.3. The predicted molar refractivity (Wildman–Crippen MR) is 91.1 cm³/mol. The molecular formula is C18H21NO2S. The van der Waals surface area contributed by atoms with Gasteiger partial charge in [0.2, 0.25) is 5.91 Å². The number of thioether (sulfide) groups is 1. The van der Waals surface area contributed by atoms with Crippen LogP contribution in [0.3, 0.4) is 0 Å². The maximum atomic E-state index is 12.3. The number of piperidine rings is 1. The molecule has 0 atom stereocenters. The SMILES string of the molecule is O=C(CSc1ccc2ccccc2c1)N1CCC(CO)CC1. The van der Waals surface area contributed by atoms with Crippen molar-refractivity contribution < 1.29 is 9.90 Å². The molecule has 116 valence electrons. The second-order valence-corrected chi connectivity index (χ2v) is 6.85. The van der Waals surface area contributed by atoms with Crippen molar-refractivity contribution in [2.24, 2.45) is 5.92 Å². The highest BCUT2D eigenvalue weighted by molar-refractivity contribution is 8.00. The monoisotopic (exact) mass is 315 g/mol. The molecule has 1 aliphatic rings. The van der Waals surface area contributed by atoms with Crippen molar-refractivity contribution in [2.45, 2.75) is 17.7 Å². The van der Waals surface area contributed by atoms with Crippen molar-refractivity contribution in [3.05, 3.63) is 42.5 Å². The predicted octanol–water partition coefficient (Wildman–Crippen LogP) is 3.16. The number of rotatable bonds is 4. The molecular weight excluding hydrogens is 294 g/mol. The van der Waals surface area contributed by atoms with E-state index in [0.29, 0.717) is 11.7 Å². The van der Waals surface area contributed by atoms with E-state index in [0.717, 1.165) is 30.8 Å². The standard InChI is InChI=1S/C18H21NO2S/c20-12-14-7-9-19(10-8-14)18(21)13-22-17-6-5-15-3-1-2-4-16(15)11-17/h1-6,11,14,20H,7-10,12-13H2. The van der Waals surface area contributed by atoms with Gasteiger partial charge in [-0.3, -0.25) is 4.79 Å². The fourth-order valence-electron chi connectivity index (χ4n) is 2.86. The molecule has 1 saturated heterocycles. The highest BCUT2D eigenvalue weighted by atomic mass is 32.2. The Morgan fingerprint density at radius 3 is 2.59 bits per heavy atom. The maximum Gasteiger partial charge on any atom is 0.232 e. The lowest BCUT2D eigenvalue weighted by Gasteiger charge is -2.31. The molecule has 1 aliphatic heterocycles. The highest BCUT2D eigenvalue weighted by Crippen LogP contribution is 2.24. The summed E-state index contributed by atoms with van der Waals surface area (Å²) in [6.45, 7) is 1.80. The van der Waals surface area contributed by atoms with Crippen LogP contribution < -0.4 is 0 Å². The van der Waals surface area contributed by atoms with Crippen molar-refractivity contribution in [3.8, 4) is 0 Å². The fraction of sp³-hybridized carbons (Fsp3) is 0.389. The van der Waals surface area contributed by atoms with Gasteiger partial charge in [0.1, 0.15) is 0 Å². The Morgan fingerprint density at radius 1 is 1.14 bits per heavy atom. The van der Waals surface area contributed by atoms with E-state index in [4.69, 9.17) is 5.11 Å². The number of carbonyl (C=O) groups excluding carboxylic acids is 1. The number of hydrogen-bond acceptors (Lipinski definition) is 3. The topological polar surface area (TPSA) is 40.5 Å². The minimum Gasteiger partial charge on any atom is -0.396 e. The molecule has 22 heavy (non-hydrogen) atoms. The number of benzene rings is 2. The smallest absolute Gasteiger partial charge is 0.232 e. The van der Waals surface area contributed by atoms with Crippen molar-refractivity contribution in [3.63, 3.8) is 0 Å². The summed E-state index contributed by atoms with van der Waals surface area (Å²) in [7, 11) is 0. The van der Waals surface area contributed by atoms with Gasteiger partial charge >= 0.3 is 0 Å². The summed E-state index contributed by atoms with van der Waals surface area (Å²) in [5.41, 5.74) is 0. The summed E-state index contributed by atoms with van der Waals surface area (Å²) in [6.07, 6.45) is 1.84. The molecule has 1 heterocycles. The van der Waals surface area contributed by atoms with Crippen LogP contribution >= 0.6 is 11.8 Å². The number of hydrogen-bond donors (Lipinski definition) is 1. The molecule has 0 spiro atoms. The average Bonchev–Trinajstić information content (AvgIpc) is 2.59. The molecule has 0 radical (unpaired) electrons. The Bertz CT molecular complexity index is 650. The first-order valence-electron chi connectivity index (χ1n) is 7.76. The number of amides is 1. The van der Waals surface area contributed by atoms with Crippen molar-refractivity contribution in [1.29, 1.82) is 0 Å². The number of fused-ring (bicyclic) bond motifs is 1. The summed E-state index contributed by atoms with van der Waals surface area (Å²) in [6, 6.07) is 14.6. The van der Waals surface area contributed by atoms with Gasteiger partial charge in [-0.15, -0.1) is 11.8 Å². The van der Waals surface area contributed by atoms with E-state index >= 15 is 0 Å². The zero-order chi connectivity index (χ0) is 15.4. The zero-order valence-electron chi connectivity index (χ0n) is 12.6. The van der Waals surface area contributed by atoms with E-state index in [2.05, 4.69) is 30.3 Å². The molecule has 2 aromatic rings. The Labute approximate surface area is 135 Å². The van der Waals surface area contributed by atoms with Gasteiger partial charge in [0.25, 0.3) is 0 Å². The minimum absolute atomic E-state index is 0.203. The van der Waals surface area contributed by atoms with Gasteiger partial charge in [0, 0.05) is 24.6 Å². The molecule has 0 aliphatic carbocycles. The Kier molecular flexibility index (Phi) is 5.01. The van der Waals surface area contributed by atoms with E-state index in [-0.39, 0.29) is 12.5 Å². The first-order valence-corrected chi connectivity index (χ1v) is 8.75. The number of aliphatic hydroxyl groups excluding tert-OH is 1. The molecule has 0 unspecified atom stereocenters. The molecule has 4 heteroatoms. The van der Waals surface area contributed by atoms with Crippen LogP contribution in [-0.4, -0.2) is 41.4 Å². The fourth-order valence-corrected chi connectivity index (χ4v) is 3.71. The van der Waals surface area contributed by atoms with E-state index in [1.54, 1.807) is 11.8 Å². The summed E-state index contributed by atoms with van der Waals surface area (Å²) in [4.78, 5) is 15.3. The third-order valence-electron chi connectivity index (χ3n) is 4.31. The van der Waals surface area contributed by atoms with E-state index in [9.17, 15) is 4.79 Å². The Balaban J connectivity index is 1.56. The normalized spacial score (nSPS) is 16.1.